The first kappa shape index (κ1) is 19.4. The van der Waals surface area contributed by atoms with Crippen molar-refractivity contribution in [3.8, 4) is 23.3 Å². The van der Waals surface area contributed by atoms with E-state index in [0.29, 0.717) is 36.8 Å². The van der Waals surface area contributed by atoms with E-state index in [2.05, 4.69) is 5.32 Å². The second kappa shape index (κ2) is 10.2. The SMILES string of the molecule is CCOc1ccc(OCCNC(=O)COc2ccc(C#N)cc2Cl)cc1. The summed E-state index contributed by atoms with van der Waals surface area (Å²) in [4.78, 5) is 11.8. The highest BCUT2D eigenvalue weighted by atomic mass is 35.5. The summed E-state index contributed by atoms with van der Waals surface area (Å²) in [6.45, 7) is 3.04. The van der Waals surface area contributed by atoms with Gasteiger partial charge in [0.15, 0.2) is 6.61 Å². The summed E-state index contributed by atoms with van der Waals surface area (Å²) in [7, 11) is 0. The summed E-state index contributed by atoms with van der Waals surface area (Å²) in [5.41, 5.74) is 0.429. The Hall–Kier alpha value is -2.91. The fourth-order valence-electron chi connectivity index (χ4n) is 2.04. The number of benzene rings is 2. The molecule has 0 aliphatic carbocycles. The Bertz CT molecular complexity index is 772. The van der Waals surface area contributed by atoms with Crippen molar-refractivity contribution in [2.75, 3.05) is 26.4 Å². The lowest BCUT2D eigenvalue weighted by Crippen LogP contribution is -2.32. The van der Waals surface area contributed by atoms with Crippen LogP contribution in [0.4, 0.5) is 0 Å². The number of nitriles is 1. The van der Waals surface area contributed by atoms with Crippen LogP contribution < -0.4 is 19.5 Å². The van der Waals surface area contributed by atoms with Gasteiger partial charge in [-0.2, -0.15) is 5.26 Å². The molecule has 1 N–H and O–H groups in total. The summed E-state index contributed by atoms with van der Waals surface area (Å²) >= 11 is 5.98. The number of carbonyl (C=O) groups is 1. The number of hydrogen-bond donors (Lipinski definition) is 1. The first-order valence-electron chi connectivity index (χ1n) is 8.07. The average Bonchev–Trinajstić information content (AvgIpc) is 2.65. The normalized spacial score (nSPS) is 9.88. The van der Waals surface area contributed by atoms with Gasteiger partial charge in [0.1, 0.15) is 23.9 Å². The Labute approximate surface area is 157 Å². The third-order valence-corrected chi connectivity index (χ3v) is 3.54. The minimum absolute atomic E-state index is 0.172. The Balaban J connectivity index is 1.66. The lowest BCUT2D eigenvalue weighted by molar-refractivity contribution is -0.123. The Morgan fingerprint density at radius 2 is 1.81 bits per heavy atom. The van der Waals surface area contributed by atoms with Gasteiger partial charge in [0.25, 0.3) is 5.91 Å². The fraction of sp³-hybridized carbons (Fsp3) is 0.263. The number of nitrogens with zero attached hydrogens (tertiary/aromatic N) is 1. The molecule has 136 valence electrons. The number of nitrogens with one attached hydrogen (secondary N) is 1. The van der Waals surface area contributed by atoms with Crippen molar-refractivity contribution >= 4 is 17.5 Å². The maximum atomic E-state index is 11.8. The van der Waals surface area contributed by atoms with E-state index in [0.717, 1.165) is 5.75 Å². The van der Waals surface area contributed by atoms with Gasteiger partial charge in [-0.05, 0) is 49.4 Å². The van der Waals surface area contributed by atoms with Crippen LogP contribution in [0.3, 0.4) is 0 Å². The first-order chi connectivity index (χ1) is 12.6. The zero-order chi connectivity index (χ0) is 18.8. The quantitative estimate of drug-likeness (QED) is 0.682. The summed E-state index contributed by atoms with van der Waals surface area (Å²) in [6.07, 6.45) is 0. The maximum absolute atomic E-state index is 11.8. The highest BCUT2D eigenvalue weighted by molar-refractivity contribution is 6.32. The van der Waals surface area contributed by atoms with Crippen LogP contribution in [0, 0.1) is 11.3 Å². The molecule has 2 rings (SSSR count). The van der Waals surface area contributed by atoms with E-state index in [1.165, 1.54) is 6.07 Å². The van der Waals surface area contributed by atoms with Crippen LogP contribution in [0.25, 0.3) is 0 Å². The van der Waals surface area contributed by atoms with Gasteiger partial charge < -0.3 is 19.5 Å². The molecule has 0 fully saturated rings. The third-order valence-electron chi connectivity index (χ3n) is 3.25. The standard InChI is InChI=1S/C19H19ClN2O4/c1-2-24-15-4-6-16(7-5-15)25-10-9-22-19(23)13-26-18-8-3-14(12-21)11-17(18)20/h3-8,11H,2,9-10,13H2,1H3,(H,22,23). The van der Waals surface area contributed by atoms with Crippen LogP contribution in [0.2, 0.25) is 5.02 Å². The van der Waals surface area contributed by atoms with E-state index >= 15 is 0 Å². The lowest BCUT2D eigenvalue weighted by Gasteiger charge is -2.10. The number of ether oxygens (including phenoxy) is 3. The summed E-state index contributed by atoms with van der Waals surface area (Å²) in [5, 5.41) is 11.8. The molecule has 0 aliphatic rings. The van der Waals surface area contributed by atoms with Crippen molar-refractivity contribution in [2.45, 2.75) is 6.92 Å². The number of halogens is 1. The van der Waals surface area contributed by atoms with Gasteiger partial charge in [0, 0.05) is 0 Å². The topological polar surface area (TPSA) is 80.6 Å². The molecule has 0 atom stereocenters. The van der Waals surface area contributed by atoms with Gasteiger partial charge in [-0.25, -0.2) is 0 Å². The minimum Gasteiger partial charge on any atom is -0.494 e. The molecule has 1 amide bonds. The van der Waals surface area contributed by atoms with Gasteiger partial charge in [0.05, 0.1) is 29.8 Å². The fourth-order valence-corrected chi connectivity index (χ4v) is 2.27. The van der Waals surface area contributed by atoms with Gasteiger partial charge in [-0.1, -0.05) is 11.6 Å². The van der Waals surface area contributed by atoms with E-state index in [1.807, 2.05) is 37.3 Å². The van der Waals surface area contributed by atoms with Crippen LogP contribution in [0.5, 0.6) is 17.2 Å². The van der Waals surface area contributed by atoms with Gasteiger partial charge in [-0.15, -0.1) is 0 Å². The molecule has 2 aromatic carbocycles. The van der Waals surface area contributed by atoms with E-state index in [4.69, 9.17) is 31.1 Å². The Kier molecular flexibility index (Phi) is 7.59. The molecule has 0 unspecified atom stereocenters. The highest BCUT2D eigenvalue weighted by Gasteiger charge is 2.06. The highest BCUT2D eigenvalue weighted by Crippen LogP contribution is 2.25. The molecule has 6 nitrogen and oxygen atoms in total. The molecule has 0 saturated carbocycles. The largest absolute Gasteiger partial charge is 0.494 e. The summed E-state index contributed by atoms with van der Waals surface area (Å²) < 4.78 is 16.2. The number of carbonyl (C=O) groups excluding carboxylic acids is 1. The van der Waals surface area contributed by atoms with Crippen molar-refractivity contribution in [3.63, 3.8) is 0 Å². The first-order valence-corrected chi connectivity index (χ1v) is 8.45. The predicted molar refractivity (Wildman–Crippen MR) is 97.8 cm³/mol. The van der Waals surface area contributed by atoms with Crippen molar-refractivity contribution in [2.24, 2.45) is 0 Å². The van der Waals surface area contributed by atoms with Gasteiger partial charge in [0.2, 0.25) is 0 Å². The molecule has 0 radical (unpaired) electrons. The third kappa shape index (κ3) is 6.19. The molecule has 26 heavy (non-hydrogen) atoms. The van der Waals surface area contributed by atoms with Crippen LogP contribution >= 0.6 is 11.6 Å². The molecular formula is C19H19ClN2O4. The number of amides is 1. The Morgan fingerprint density at radius 3 is 2.42 bits per heavy atom. The zero-order valence-corrected chi connectivity index (χ0v) is 15.1. The molecule has 0 spiro atoms. The molecule has 2 aromatic rings. The molecule has 0 aromatic heterocycles. The van der Waals surface area contributed by atoms with Crippen molar-refractivity contribution in [3.05, 3.63) is 53.1 Å². The second-order valence-electron chi connectivity index (χ2n) is 5.15. The molecule has 0 saturated heterocycles. The summed E-state index contributed by atoms with van der Waals surface area (Å²) in [6, 6.07) is 13.9. The van der Waals surface area contributed by atoms with Crippen LogP contribution in [0.15, 0.2) is 42.5 Å². The molecule has 0 heterocycles. The van der Waals surface area contributed by atoms with Gasteiger partial charge >= 0.3 is 0 Å². The predicted octanol–water partition coefficient (Wildman–Crippen LogP) is 3.18. The van der Waals surface area contributed by atoms with Gasteiger partial charge in [-0.3, -0.25) is 4.79 Å². The monoisotopic (exact) mass is 374 g/mol. The summed E-state index contributed by atoms with van der Waals surface area (Å²) in [5.74, 6) is 1.54. The number of hydrogen-bond acceptors (Lipinski definition) is 5. The van der Waals surface area contributed by atoms with E-state index < -0.39 is 0 Å². The van der Waals surface area contributed by atoms with Crippen LogP contribution in [-0.4, -0.2) is 32.3 Å². The van der Waals surface area contributed by atoms with Crippen molar-refractivity contribution < 1.29 is 19.0 Å². The number of rotatable bonds is 9. The maximum Gasteiger partial charge on any atom is 0.258 e. The van der Waals surface area contributed by atoms with Crippen LogP contribution in [0.1, 0.15) is 12.5 Å². The van der Waals surface area contributed by atoms with E-state index in [1.54, 1.807) is 12.1 Å². The minimum atomic E-state index is -0.291. The molecule has 0 aliphatic heterocycles. The lowest BCUT2D eigenvalue weighted by atomic mass is 10.2. The van der Waals surface area contributed by atoms with Crippen LogP contribution in [-0.2, 0) is 4.79 Å². The molecule has 7 heteroatoms. The zero-order valence-electron chi connectivity index (χ0n) is 14.3. The van der Waals surface area contributed by atoms with E-state index in [9.17, 15) is 4.79 Å². The molecular weight excluding hydrogens is 356 g/mol. The molecule has 0 bridgehead atoms. The average molecular weight is 375 g/mol. The second-order valence-corrected chi connectivity index (χ2v) is 5.56. The van der Waals surface area contributed by atoms with Crippen molar-refractivity contribution in [1.82, 2.24) is 5.32 Å². The van der Waals surface area contributed by atoms with E-state index in [-0.39, 0.29) is 17.5 Å². The Morgan fingerprint density at radius 1 is 1.12 bits per heavy atom. The smallest absolute Gasteiger partial charge is 0.258 e. The van der Waals surface area contributed by atoms with Crippen molar-refractivity contribution in [1.29, 1.82) is 5.26 Å².